The SMILES string of the molecule is CCn1cc(NS(=O)(=O)c2cc(C)cc(N)c2C)cn1. The molecule has 0 saturated carbocycles. The zero-order valence-electron chi connectivity index (χ0n) is 11.7. The van der Waals surface area contributed by atoms with E-state index in [9.17, 15) is 8.42 Å². The van der Waals surface area contributed by atoms with Gasteiger partial charge in [0.25, 0.3) is 10.0 Å². The monoisotopic (exact) mass is 294 g/mol. The number of aryl methyl sites for hydroxylation is 2. The molecule has 2 rings (SSSR count). The molecule has 108 valence electrons. The summed E-state index contributed by atoms with van der Waals surface area (Å²) in [5.41, 5.74) is 8.08. The lowest BCUT2D eigenvalue weighted by molar-refractivity contribution is 0.600. The van der Waals surface area contributed by atoms with Crippen molar-refractivity contribution < 1.29 is 8.42 Å². The van der Waals surface area contributed by atoms with Crippen molar-refractivity contribution in [2.24, 2.45) is 0 Å². The molecule has 20 heavy (non-hydrogen) atoms. The molecule has 0 saturated heterocycles. The highest BCUT2D eigenvalue weighted by Crippen LogP contribution is 2.24. The summed E-state index contributed by atoms with van der Waals surface area (Å²) in [4.78, 5) is 0.194. The van der Waals surface area contributed by atoms with Crippen LogP contribution in [-0.4, -0.2) is 18.2 Å². The van der Waals surface area contributed by atoms with Gasteiger partial charge in [0.15, 0.2) is 0 Å². The second kappa shape index (κ2) is 5.16. The molecule has 0 unspecified atom stereocenters. The van der Waals surface area contributed by atoms with E-state index in [1.165, 1.54) is 6.20 Å². The van der Waals surface area contributed by atoms with Gasteiger partial charge in [-0.1, -0.05) is 0 Å². The fourth-order valence-corrected chi connectivity index (χ4v) is 3.32. The summed E-state index contributed by atoms with van der Waals surface area (Å²) in [7, 11) is -3.67. The molecule has 0 aliphatic carbocycles. The Labute approximate surface area is 118 Å². The van der Waals surface area contributed by atoms with E-state index in [2.05, 4.69) is 9.82 Å². The Morgan fingerprint density at radius 1 is 1.35 bits per heavy atom. The van der Waals surface area contributed by atoms with Gasteiger partial charge in [0.1, 0.15) is 0 Å². The average molecular weight is 294 g/mol. The van der Waals surface area contributed by atoms with Gasteiger partial charge in [-0.05, 0) is 44.0 Å². The quantitative estimate of drug-likeness (QED) is 0.843. The van der Waals surface area contributed by atoms with E-state index in [0.29, 0.717) is 23.5 Å². The third kappa shape index (κ3) is 2.77. The highest BCUT2D eigenvalue weighted by molar-refractivity contribution is 7.92. The summed E-state index contributed by atoms with van der Waals surface area (Å²) in [6.45, 7) is 6.11. The third-order valence-corrected chi connectivity index (χ3v) is 4.55. The van der Waals surface area contributed by atoms with Gasteiger partial charge in [-0.2, -0.15) is 5.10 Å². The van der Waals surface area contributed by atoms with Crippen molar-refractivity contribution in [3.05, 3.63) is 35.7 Å². The Kier molecular flexibility index (Phi) is 3.71. The average Bonchev–Trinajstić information content (AvgIpc) is 2.80. The maximum atomic E-state index is 12.4. The van der Waals surface area contributed by atoms with Crippen molar-refractivity contribution >= 4 is 21.4 Å². The summed E-state index contributed by atoms with van der Waals surface area (Å²) in [5, 5.41) is 4.04. The van der Waals surface area contributed by atoms with Crippen molar-refractivity contribution in [2.45, 2.75) is 32.2 Å². The normalized spacial score (nSPS) is 11.6. The Morgan fingerprint density at radius 3 is 2.65 bits per heavy atom. The van der Waals surface area contributed by atoms with E-state index < -0.39 is 10.0 Å². The largest absolute Gasteiger partial charge is 0.398 e. The number of nitrogen functional groups attached to an aromatic ring is 1. The van der Waals surface area contributed by atoms with Crippen molar-refractivity contribution in [1.29, 1.82) is 0 Å². The predicted molar refractivity (Wildman–Crippen MR) is 79.0 cm³/mol. The number of nitrogens with zero attached hydrogens (tertiary/aromatic N) is 2. The minimum atomic E-state index is -3.67. The molecule has 6 nitrogen and oxygen atoms in total. The number of nitrogens with one attached hydrogen (secondary N) is 1. The molecule has 3 N–H and O–H groups in total. The van der Waals surface area contributed by atoms with Crippen molar-refractivity contribution in [3.8, 4) is 0 Å². The smallest absolute Gasteiger partial charge is 0.262 e. The van der Waals surface area contributed by atoms with Crippen LogP contribution in [0.4, 0.5) is 11.4 Å². The van der Waals surface area contributed by atoms with Crippen molar-refractivity contribution in [2.75, 3.05) is 10.5 Å². The number of nitrogens with two attached hydrogens (primary N) is 1. The summed E-state index contributed by atoms with van der Waals surface area (Å²) < 4.78 is 29.0. The van der Waals surface area contributed by atoms with Crippen molar-refractivity contribution in [3.63, 3.8) is 0 Å². The third-order valence-electron chi connectivity index (χ3n) is 3.04. The van der Waals surface area contributed by atoms with Crippen LogP contribution >= 0.6 is 0 Å². The molecule has 0 aliphatic heterocycles. The van der Waals surface area contributed by atoms with E-state index in [-0.39, 0.29) is 4.90 Å². The number of hydrogen-bond acceptors (Lipinski definition) is 4. The van der Waals surface area contributed by atoms with E-state index in [0.717, 1.165) is 5.56 Å². The molecule has 2 aromatic rings. The number of anilines is 2. The molecule has 0 bridgehead atoms. The van der Waals surface area contributed by atoms with E-state index in [1.807, 2.05) is 13.8 Å². The highest BCUT2D eigenvalue weighted by Gasteiger charge is 2.19. The molecular weight excluding hydrogens is 276 g/mol. The molecule has 1 aromatic heterocycles. The first-order valence-corrected chi connectivity index (χ1v) is 7.74. The number of benzene rings is 1. The summed E-state index contributed by atoms with van der Waals surface area (Å²) in [6.07, 6.45) is 3.13. The molecule has 0 aliphatic rings. The van der Waals surface area contributed by atoms with Gasteiger partial charge in [0, 0.05) is 18.4 Å². The van der Waals surface area contributed by atoms with E-state index >= 15 is 0 Å². The first kappa shape index (κ1) is 14.4. The Bertz CT molecular complexity index is 735. The van der Waals surface area contributed by atoms with Gasteiger partial charge >= 0.3 is 0 Å². The van der Waals surface area contributed by atoms with Crippen LogP contribution < -0.4 is 10.5 Å². The lowest BCUT2D eigenvalue weighted by Crippen LogP contribution is -2.15. The standard InChI is InChI=1S/C13H18N4O2S/c1-4-17-8-11(7-15-17)16-20(18,19)13-6-9(2)5-12(14)10(13)3/h5-8,16H,4,14H2,1-3H3. The molecule has 0 radical (unpaired) electrons. The zero-order chi connectivity index (χ0) is 14.9. The van der Waals surface area contributed by atoms with Gasteiger partial charge in [-0.15, -0.1) is 0 Å². The lowest BCUT2D eigenvalue weighted by Gasteiger charge is -2.11. The minimum absolute atomic E-state index is 0.194. The van der Waals surface area contributed by atoms with Gasteiger partial charge in [-0.3, -0.25) is 9.40 Å². The summed E-state index contributed by atoms with van der Waals surface area (Å²) in [5.74, 6) is 0. The van der Waals surface area contributed by atoms with Crippen LogP contribution in [0, 0.1) is 13.8 Å². The number of sulfonamides is 1. The van der Waals surface area contributed by atoms with Crippen LogP contribution in [0.15, 0.2) is 29.4 Å². The zero-order valence-corrected chi connectivity index (χ0v) is 12.5. The molecule has 1 aromatic carbocycles. The van der Waals surface area contributed by atoms with Gasteiger partial charge in [0.2, 0.25) is 0 Å². The fourth-order valence-electron chi connectivity index (χ4n) is 1.93. The number of aromatic nitrogens is 2. The van der Waals surface area contributed by atoms with Crippen LogP contribution in [0.2, 0.25) is 0 Å². The van der Waals surface area contributed by atoms with Crippen LogP contribution in [0.5, 0.6) is 0 Å². The van der Waals surface area contributed by atoms with Gasteiger partial charge in [0.05, 0.1) is 16.8 Å². The topological polar surface area (TPSA) is 90.0 Å². The van der Waals surface area contributed by atoms with Crippen LogP contribution in [0.25, 0.3) is 0 Å². The molecule has 0 spiro atoms. The molecule has 0 atom stereocenters. The highest BCUT2D eigenvalue weighted by atomic mass is 32.2. The Morgan fingerprint density at radius 2 is 2.05 bits per heavy atom. The predicted octanol–water partition coefficient (Wildman–Crippen LogP) is 1.90. The Balaban J connectivity index is 2.40. The number of hydrogen-bond donors (Lipinski definition) is 2. The van der Waals surface area contributed by atoms with Crippen LogP contribution in [0.3, 0.4) is 0 Å². The van der Waals surface area contributed by atoms with E-state index in [4.69, 9.17) is 5.73 Å². The Hall–Kier alpha value is -2.02. The second-order valence-electron chi connectivity index (χ2n) is 4.67. The lowest BCUT2D eigenvalue weighted by atomic mass is 10.1. The summed E-state index contributed by atoms with van der Waals surface area (Å²) in [6, 6.07) is 3.36. The molecule has 0 amide bonds. The first-order valence-electron chi connectivity index (χ1n) is 6.25. The van der Waals surface area contributed by atoms with Crippen molar-refractivity contribution in [1.82, 2.24) is 9.78 Å². The summed E-state index contributed by atoms with van der Waals surface area (Å²) >= 11 is 0. The molecule has 7 heteroatoms. The number of rotatable bonds is 4. The molecular formula is C13H18N4O2S. The first-order chi connectivity index (χ1) is 9.33. The van der Waals surface area contributed by atoms with Gasteiger partial charge in [-0.25, -0.2) is 8.42 Å². The molecule has 0 fully saturated rings. The van der Waals surface area contributed by atoms with E-state index in [1.54, 1.807) is 29.9 Å². The molecule has 1 heterocycles. The second-order valence-corrected chi connectivity index (χ2v) is 6.32. The maximum absolute atomic E-state index is 12.4. The minimum Gasteiger partial charge on any atom is -0.398 e. The van der Waals surface area contributed by atoms with Crippen LogP contribution in [0.1, 0.15) is 18.1 Å². The van der Waals surface area contributed by atoms with Crippen LogP contribution in [-0.2, 0) is 16.6 Å². The van der Waals surface area contributed by atoms with Gasteiger partial charge < -0.3 is 5.73 Å². The maximum Gasteiger partial charge on any atom is 0.262 e. The fraction of sp³-hybridized carbons (Fsp3) is 0.308.